The predicted molar refractivity (Wildman–Crippen MR) is 39.8 cm³/mol. The first-order valence-corrected chi connectivity index (χ1v) is 3.85. The van der Waals surface area contributed by atoms with Crippen LogP contribution in [0.1, 0.15) is 6.92 Å². The van der Waals surface area contributed by atoms with Crippen LogP contribution in [-0.2, 0) is 4.79 Å². The summed E-state index contributed by atoms with van der Waals surface area (Å²) in [4.78, 5) is 9.51. The SMILES string of the molecule is CC#N.O=C(O)C(F)(F)C(F)(F)C(F)(F)C(F)(F)F. The van der Waals surface area contributed by atoms with Crippen LogP contribution in [0.4, 0.5) is 39.5 Å². The molecule has 0 aromatic rings. The van der Waals surface area contributed by atoms with Crippen molar-refractivity contribution in [2.24, 2.45) is 0 Å². The number of halogens is 9. The Morgan fingerprint density at radius 1 is 0.947 bits per heavy atom. The third-order valence-electron chi connectivity index (χ3n) is 1.41. The lowest BCUT2D eigenvalue weighted by atomic mass is 10.0. The van der Waals surface area contributed by atoms with Crippen molar-refractivity contribution in [1.82, 2.24) is 0 Å². The highest BCUT2D eigenvalue weighted by molar-refractivity contribution is 5.77. The molecular formula is C7H4F9NO2. The Morgan fingerprint density at radius 3 is 1.37 bits per heavy atom. The molecule has 112 valence electrons. The van der Waals surface area contributed by atoms with E-state index in [-0.39, 0.29) is 0 Å². The van der Waals surface area contributed by atoms with Crippen molar-refractivity contribution in [2.45, 2.75) is 30.9 Å². The van der Waals surface area contributed by atoms with Crippen LogP contribution in [0, 0.1) is 11.3 Å². The molecule has 0 spiro atoms. The van der Waals surface area contributed by atoms with Gasteiger partial charge in [0.05, 0.1) is 6.07 Å². The summed E-state index contributed by atoms with van der Waals surface area (Å²) in [7, 11) is 0. The molecule has 0 bridgehead atoms. The van der Waals surface area contributed by atoms with E-state index in [1.54, 1.807) is 6.07 Å². The van der Waals surface area contributed by atoms with E-state index < -0.39 is 29.9 Å². The molecule has 0 fully saturated rings. The predicted octanol–water partition coefficient (Wildman–Crippen LogP) is 3.07. The molecule has 0 heterocycles. The topological polar surface area (TPSA) is 61.1 Å². The van der Waals surface area contributed by atoms with Crippen molar-refractivity contribution in [2.75, 3.05) is 0 Å². The van der Waals surface area contributed by atoms with Crippen molar-refractivity contribution in [1.29, 1.82) is 5.26 Å². The molecule has 0 amide bonds. The lowest BCUT2D eigenvalue weighted by Crippen LogP contribution is -2.63. The van der Waals surface area contributed by atoms with Gasteiger partial charge in [-0.3, -0.25) is 0 Å². The van der Waals surface area contributed by atoms with Gasteiger partial charge in [-0.2, -0.15) is 44.8 Å². The number of carboxylic acids is 1. The number of hydrogen-bond acceptors (Lipinski definition) is 2. The van der Waals surface area contributed by atoms with Crippen molar-refractivity contribution in [3.05, 3.63) is 0 Å². The van der Waals surface area contributed by atoms with Gasteiger partial charge in [-0.15, -0.1) is 0 Å². The standard InChI is InChI=1S/C5HF9O2.C2H3N/c6-2(7,1(15)16)3(8,9)4(10,11)5(12,13)14;1-2-3/h(H,15,16);1H3. The van der Waals surface area contributed by atoms with Crippen LogP contribution in [0.15, 0.2) is 0 Å². The molecule has 0 aliphatic carbocycles. The summed E-state index contributed by atoms with van der Waals surface area (Å²) in [6, 6.07) is 1.75. The van der Waals surface area contributed by atoms with Gasteiger partial charge in [0.2, 0.25) is 0 Å². The Labute approximate surface area is 98.8 Å². The quantitative estimate of drug-likeness (QED) is 0.815. The minimum atomic E-state index is -7.16. The summed E-state index contributed by atoms with van der Waals surface area (Å²) in [6.45, 7) is 1.43. The van der Waals surface area contributed by atoms with Crippen LogP contribution in [0.3, 0.4) is 0 Å². The van der Waals surface area contributed by atoms with Gasteiger partial charge in [-0.05, 0) is 0 Å². The zero-order valence-electron chi connectivity index (χ0n) is 8.70. The number of carboxylic acid groups (broad SMARTS) is 1. The van der Waals surface area contributed by atoms with Crippen molar-refractivity contribution in [3.8, 4) is 6.07 Å². The maximum atomic E-state index is 12.1. The van der Waals surface area contributed by atoms with Crippen molar-refractivity contribution in [3.63, 3.8) is 0 Å². The van der Waals surface area contributed by atoms with Crippen LogP contribution in [-0.4, -0.2) is 35.0 Å². The molecule has 1 N–H and O–H groups in total. The number of nitriles is 1. The van der Waals surface area contributed by atoms with E-state index in [0.717, 1.165) is 0 Å². The number of aliphatic carboxylic acids is 1. The number of nitrogens with zero attached hydrogens (tertiary/aromatic N) is 1. The van der Waals surface area contributed by atoms with Crippen molar-refractivity contribution >= 4 is 5.97 Å². The van der Waals surface area contributed by atoms with Crippen LogP contribution in [0.2, 0.25) is 0 Å². The summed E-state index contributed by atoms with van der Waals surface area (Å²) < 4.78 is 106. The second kappa shape index (κ2) is 5.54. The Hall–Kier alpha value is -1.67. The molecule has 0 radical (unpaired) electrons. The molecule has 0 aromatic carbocycles. The Morgan fingerprint density at radius 2 is 1.21 bits per heavy atom. The Kier molecular flexibility index (Phi) is 5.73. The normalized spacial score (nSPS) is 13.1. The summed E-state index contributed by atoms with van der Waals surface area (Å²) >= 11 is 0. The number of carbonyl (C=O) groups is 1. The molecule has 3 nitrogen and oxygen atoms in total. The second-order valence-electron chi connectivity index (χ2n) is 2.75. The Bertz CT molecular complexity index is 368. The zero-order valence-corrected chi connectivity index (χ0v) is 8.70. The average molecular weight is 305 g/mol. The van der Waals surface area contributed by atoms with Crippen LogP contribution in [0.25, 0.3) is 0 Å². The molecule has 12 heteroatoms. The number of hydrogen-bond donors (Lipinski definition) is 1. The fraction of sp³-hybridized carbons (Fsp3) is 0.714. The van der Waals surface area contributed by atoms with Crippen LogP contribution in [0.5, 0.6) is 0 Å². The molecule has 0 unspecified atom stereocenters. The lowest BCUT2D eigenvalue weighted by molar-refractivity contribution is -0.390. The monoisotopic (exact) mass is 305 g/mol. The van der Waals surface area contributed by atoms with Gasteiger partial charge >= 0.3 is 29.9 Å². The summed E-state index contributed by atoms with van der Waals surface area (Å²) in [6.07, 6.45) is -7.00. The summed E-state index contributed by atoms with van der Waals surface area (Å²) in [5.41, 5.74) is 0. The number of rotatable bonds is 3. The van der Waals surface area contributed by atoms with Gasteiger partial charge in [-0.25, -0.2) is 4.79 Å². The molecule has 19 heavy (non-hydrogen) atoms. The first kappa shape index (κ1) is 19.7. The highest BCUT2D eigenvalue weighted by atomic mass is 19.4. The average Bonchev–Trinajstić information content (AvgIpc) is 2.16. The molecule has 0 saturated heterocycles. The molecule has 0 saturated carbocycles. The third-order valence-corrected chi connectivity index (χ3v) is 1.41. The van der Waals surface area contributed by atoms with Crippen LogP contribution < -0.4 is 0 Å². The van der Waals surface area contributed by atoms with Gasteiger partial charge < -0.3 is 5.11 Å². The molecule has 0 aliphatic heterocycles. The van der Waals surface area contributed by atoms with E-state index in [1.165, 1.54) is 6.92 Å². The Balaban J connectivity index is 0. The maximum absolute atomic E-state index is 12.1. The van der Waals surface area contributed by atoms with Gasteiger partial charge in [-0.1, -0.05) is 0 Å². The van der Waals surface area contributed by atoms with E-state index in [9.17, 15) is 44.3 Å². The van der Waals surface area contributed by atoms with Crippen LogP contribution >= 0.6 is 0 Å². The second-order valence-corrected chi connectivity index (χ2v) is 2.75. The van der Waals surface area contributed by atoms with E-state index >= 15 is 0 Å². The van der Waals surface area contributed by atoms with Gasteiger partial charge in [0.15, 0.2) is 0 Å². The largest absolute Gasteiger partial charge is 0.477 e. The molecule has 0 rings (SSSR count). The van der Waals surface area contributed by atoms with E-state index in [4.69, 9.17) is 10.4 Å². The van der Waals surface area contributed by atoms with Gasteiger partial charge in [0.1, 0.15) is 0 Å². The van der Waals surface area contributed by atoms with Gasteiger partial charge in [0, 0.05) is 6.92 Å². The first-order valence-electron chi connectivity index (χ1n) is 3.85. The van der Waals surface area contributed by atoms with E-state index in [0.29, 0.717) is 0 Å². The zero-order chi connectivity index (χ0) is 16.3. The van der Waals surface area contributed by atoms with Crippen molar-refractivity contribution < 1.29 is 49.4 Å². The molecular weight excluding hydrogens is 301 g/mol. The minimum absolute atomic E-state index is 1.43. The highest BCUT2D eigenvalue weighted by Crippen LogP contribution is 2.52. The lowest BCUT2D eigenvalue weighted by Gasteiger charge is -2.31. The first-order chi connectivity index (χ1) is 8.11. The number of alkyl halides is 9. The smallest absolute Gasteiger partial charge is 0.460 e. The van der Waals surface area contributed by atoms with E-state index in [1.807, 2.05) is 0 Å². The molecule has 0 aliphatic rings. The molecule has 0 atom stereocenters. The van der Waals surface area contributed by atoms with E-state index in [2.05, 4.69) is 0 Å². The molecule has 0 aromatic heterocycles. The fourth-order valence-electron chi connectivity index (χ4n) is 0.509. The highest BCUT2D eigenvalue weighted by Gasteiger charge is 2.84. The summed E-state index contributed by atoms with van der Waals surface area (Å²) in [5.74, 6) is -24.6. The minimum Gasteiger partial charge on any atom is -0.477 e. The fourth-order valence-corrected chi connectivity index (χ4v) is 0.509. The third kappa shape index (κ3) is 3.42. The summed E-state index contributed by atoms with van der Waals surface area (Å²) in [5, 5.41) is 14.8. The van der Waals surface area contributed by atoms with Gasteiger partial charge in [0.25, 0.3) is 0 Å². The maximum Gasteiger partial charge on any atom is 0.460 e.